The second-order valence-corrected chi connectivity index (χ2v) is 13.8. The monoisotopic (exact) mass is 1010 g/mol. The Morgan fingerprint density at radius 1 is 0.347 bits per heavy atom. The first kappa shape index (κ1) is 58.6. The van der Waals surface area contributed by atoms with Gasteiger partial charge in [0.15, 0.2) is 65.8 Å². The van der Waals surface area contributed by atoms with Crippen LogP contribution in [0.5, 0.6) is 63.2 Å². The molecule has 0 saturated carbocycles. The van der Waals surface area contributed by atoms with Gasteiger partial charge in [0, 0.05) is 80.1 Å². The number of hydrogen-bond acceptors (Lipinski definition) is 22. The zero-order valence-electron chi connectivity index (χ0n) is 39.6. The van der Waals surface area contributed by atoms with Gasteiger partial charge in [-0.1, -0.05) is 6.07 Å². The normalized spacial score (nSPS) is 9.78. The predicted molar refractivity (Wildman–Crippen MR) is 240 cm³/mol. The quantitative estimate of drug-likeness (QED) is 0.0879. The summed E-state index contributed by atoms with van der Waals surface area (Å²) in [5.74, 6) is -6.83. The molecule has 25 heteroatoms. The van der Waals surface area contributed by atoms with Crippen molar-refractivity contribution < 1.29 is 115 Å². The first-order chi connectivity index (χ1) is 33.8. The second-order valence-electron chi connectivity index (χ2n) is 13.8. The molecule has 0 unspecified atom stereocenters. The molecule has 0 atom stereocenters. The summed E-state index contributed by atoms with van der Waals surface area (Å²) in [7, 11) is 0. The Bertz CT molecular complexity index is 2490. The van der Waals surface area contributed by atoms with Gasteiger partial charge in [-0.15, -0.1) is 0 Å². The standard InChI is InChI=1S/C23H23NO10.2C12H12O7/c1-13(25)31-19-7-5-17(9-21(19)33-15(3)27)11-24-23(29)12-30-18-6-8-20(32-14(2)26)22(10-18)34-16(4)28;2*1-7(13)18-10-4-3-9(17-6-12(15)16)5-11(10)19-8(2)14/h5-10H,11-12H2,1-4H3,(H,24,29);2*3-5H,6H2,1-2H3,(H,15,16). The largest absolute Gasteiger partial charge is 0.484 e. The van der Waals surface area contributed by atoms with Crippen molar-refractivity contribution in [1.29, 1.82) is 0 Å². The molecule has 72 heavy (non-hydrogen) atoms. The number of ether oxygens (including phenoxy) is 11. The van der Waals surface area contributed by atoms with E-state index in [2.05, 4.69) is 5.32 Å². The third-order valence-electron chi connectivity index (χ3n) is 7.37. The molecule has 0 spiro atoms. The van der Waals surface area contributed by atoms with Crippen molar-refractivity contribution in [3.05, 3.63) is 78.4 Å². The van der Waals surface area contributed by atoms with E-state index in [4.69, 9.17) is 62.3 Å². The molecule has 384 valence electrons. The lowest BCUT2D eigenvalue weighted by atomic mass is 10.2. The zero-order valence-corrected chi connectivity index (χ0v) is 39.6. The molecule has 0 saturated heterocycles. The summed E-state index contributed by atoms with van der Waals surface area (Å²) in [4.78, 5) is 122. The minimum atomic E-state index is -1.14. The van der Waals surface area contributed by atoms with E-state index >= 15 is 0 Å². The molecule has 0 aliphatic heterocycles. The zero-order chi connectivity index (χ0) is 54.1. The van der Waals surface area contributed by atoms with E-state index in [1.165, 1.54) is 122 Å². The molecule has 0 aliphatic carbocycles. The summed E-state index contributed by atoms with van der Waals surface area (Å²) in [6, 6.07) is 16.6. The number of hydrogen-bond donors (Lipinski definition) is 3. The van der Waals surface area contributed by atoms with Crippen molar-refractivity contribution in [2.24, 2.45) is 0 Å². The van der Waals surface area contributed by atoms with Crippen LogP contribution in [0.25, 0.3) is 0 Å². The summed E-state index contributed by atoms with van der Waals surface area (Å²) in [6.07, 6.45) is 0. The highest BCUT2D eigenvalue weighted by Crippen LogP contribution is 2.34. The number of amides is 1. The number of rotatable bonds is 19. The van der Waals surface area contributed by atoms with Crippen molar-refractivity contribution in [2.45, 2.75) is 61.9 Å². The first-order valence-corrected chi connectivity index (χ1v) is 20.4. The molecule has 0 heterocycles. The Kier molecular flexibility index (Phi) is 23.9. The fourth-order valence-corrected chi connectivity index (χ4v) is 4.98. The highest BCUT2D eigenvalue weighted by atomic mass is 16.6. The number of carboxylic acid groups (broad SMARTS) is 2. The first-order valence-electron chi connectivity index (χ1n) is 20.4. The topological polar surface area (TPSA) is 342 Å². The van der Waals surface area contributed by atoms with E-state index in [-0.39, 0.29) is 76.4 Å². The third-order valence-corrected chi connectivity index (χ3v) is 7.37. The molecule has 1 amide bonds. The Hall–Kier alpha value is -9.55. The van der Waals surface area contributed by atoms with Gasteiger partial charge >= 0.3 is 59.7 Å². The lowest BCUT2D eigenvalue weighted by Crippen LogP contribution is -2.28. The Morgan fingerprint density at radius 3 is 0.875 bits per heavy atom. The Balaban J connectivity index is 0.000000399. The SMILES string of the molecule is CC(=O)Oc1ccc(CNC(=O)COc2ccc(OC(C)=O)c(OC(C)=O)c2)cc1OC(C)=O.CC(=O)Oc1ccc(OCC(=O)O)cc1OC(C)=O.CC(=O)Oc1ccc(OCC(=O)O)cc1OC(C)=O. The summed E-state index contributed by atoms with van der Waals surface area (Å²) < 4.78 is 54.6. The van der Waals surface area contributed by atoms with Crippen LogP contribution >= 0.6 is 0 Å². The van der Waals surface area contributed by atoms with Crippen molar-refractivity contribution in [3.8, 4) is 63.2 Å². The summed E-state index contributed by atoms with van der Waals surface area (Å²) >= 11 is 0. The molecule has 0 aliphatic rings. The minimum absolute atomic E-state index is 0.0226. The van der Waals surface area contributed by atoms with E-state index in [1.54, 1.807) is 6.07 Å². The van der Waals surface area contributed by atoms with E-state index in [0.717, 1.165) is 0 Å². The van der Waals surface area contributed by atoms with Gasteiger partial charge < -0.3 is 67.6 Å². The molecular formula is C47H47NO24. The van der Waals surface area contributed by atoms with E-state index in [1.807, 2.05) is 0 Å². The maximum atomic E-state index is 12.2. The molecule has 3 N–H and O–H groups in total. The van der Waals surface area contributed by atoms with Gasteiger partial charge in [-0.25, -0.2) is 9.59 Å². The average Bonchev–Trinajstić information content (AvgIpc) is 3.25. The number of carbonyl (C=O) groups is 11. The summed E-state index contributed by atoms with van der Waals surface area (Å²) in [5.41, 5.74) is 0.573. The van der Waals surface area contributed by atoms with Crippen LogP contribution in [0.4, 0.5) is 0 Å². The van der Waals surface area contributed by atoms with Gasteiger partial charge in [-0.2, -0.15) is 0 Å². The van der Waals surface area contributed by atoms with Gasteiger partial charge in [0.2, 0.25) is 0 Å². The molecule has 4 aromatic rings. The maximum Gasteiger partial charge on any atom is 0.341 e. The number of carboxylic acids is 2. The predicted octanol–water partition coefficient (Wildman–Crippen LogP) is 4.08. The van der Waals surface area contributed by atoms with Crippen molar-refractivity contribution in [2.75, 3.05) is 19.8 Å². The molecule has 25 nitrogen and oxygen atoms in total. The van der Waals surface area contributed by atoms with Gasteiger partial charge in [0.05, 0.1) is 0 Å². The average molecular weight is 1010 g/mol. The van der Waals surface area contributed by atoms with Gasteiger partial charge in [0.25, 0.3) is 5.91 Å². The minimum Gasteiger partial charge on any atom is -0.484 e. The van der Waals surface area contributed by atoms with E-state index in [9.17, 15) is 52.7 Å². The fourth-order valence-electron chi connectivity index (χ4n) is 4.98. The second kappa shape index (κ2) is 29.4. The third kappa shape index (κ3) is 23.9. The number of carbonyl (C=O) groups excluding carboxylic acids is 9. The maximum absolute atomic E-state index is 12.2. The van der Waals surface area contributed by atoms with E-state index < -0.39 is 78.8 Å². The van der Waals surface area contributed by atoms with Gasteiger partial charge in [-0.05, 0) is 54.1 Å². The number of aliphatic carboxylic acids is 2. The molecule has 0 bridgehead atoms. The number of benzene rings is 4. The van der Waals surface area contributed by atoms with Crippen LogP contribution < -0.4 is 57.4 Å². The highest BCUT2D eigenvalue weighted by molar-refractivity contribution is 5.79. The lowest BCUT2D eigenvalue weighted by molar-refractivity contribution is -0.140. The molecule has 0 fully saturated rings. The van der Waals surface area contributed by atoms with Crippen LogP contribution in [0.1, 0.15) is 61.0 Å². The van der Waals surface area contributed by atoms with Crippen molar-refractivity contribution in [1.82, 2.24) is 5.32 Å². The van der Waals surface area contributed by atoms with Crippen LogP contribution in [-0.2, 0) is 59.3 Å². The molecule has 0 radical (unpaired) electrons. The van der Waals surface area contributed by atoms with Gasteiger partial charge in [-0.3, -0.25) is 43.2 Å². The van der Waals surface area contributed by atoms with Crippen LogP contribution in [0, 0.1) is 0 Å². The molecule has 4 rings (SSSR count). The van der Waals surface area contributed by atoms with Crippen LogP contribution in [0.15, 0.2) is 72.8 Å². The molecular weight excluding hydrogens is 962 g/mol. The summed E-state index contributed by atoms with van der Waals surface area (Å²) in [6.45, 7) is 8.20. The fraction of sp³-hybridized carbons (Fsp3) is 0.255. The highest BCUT2D eigenvalue weighted by Gasteiger charge is 2.17. The van der Waals surface area contributed by atoms with Crippen LogP contribution in [0.2, 0.25) is 0 Å². The molecule has 0 aromatic heterocycles. The van der Waals surface area contributed by atoms with Crippen LogP contribution in [-0.4, -0.2) is 95.6 Å². The number of nitrogens with one attached hydrogen (secondary N) is 1. The van der Waals surface area contributed by atoms with Crippen molar-refractivity contribution in [3.63, 3.8) is 0 Å². The smallest absolute Gasteiger partial charge is 0.341 e. The van der Waals surface area contributed by atoms with Gasteiger partial charge in [0.1, 0.15) is 17.2 Å². The Labute approximate surface area is 408 Å². The Morgan fingerprint density at radius 2 is 0.597 bits per heavy atom. The lowest BCUT2D eigenvalue weighted by Gasteiger charge is -2.12. The number of esters is 8. The van der Waals surface area contributed by atoms with E-state index in [0.29, 0.717) is 5.56 Å². The summed E-state index contributed by atoms with van der Waals surface area (Å²) in [5, 5.41) is 19.6. The van der Waals surface area contributed by atoms with Crippen molar-refractivity contribution >= 4 is 65.6 Å². The molecule has 4 aromatic carbocycles. The van der Waals surface area contributed by atoms with Crippen LogP contribution in [0.3, 0.4) is 0 Å².